The van der Waals surface area contributed by atoms with E-state index >= 15 is 0 Å². The summed E-state index contributed by atoms with van der Waals surface area (Å²) in [6, 6.07) is 0. The van der Waals surface area contributed by atoms with E-state index in [0.717, 1.165) is 0 Å². The smallest absolute Gasteiger partial charge is 0.292 e. The third-order valence-corrected chi connectivity index (χ3v) is 0.792. The molecule has 0 aliphatic rings. The van der Waals surface area contributed by atoms with Crippen LogP contribution in [0, 0.1) is 0 Å². The molecular weight excluding hydrogens is 162 g/mol. The van der Waals surface area contributed by atoms with E-state index in [4.69, 9.17) is 17.2 Å². The summed E-state index contributed by atoms with van der Waals surface area (Å²) in [5.74, 6) is -0.242. The van der Waals surface area contributed by atoms with Gasteiger partial charge in [-0.15, -0.1) is 5.10 Å². The molecule has 0 bridgehead atoms. The van der Waals surface area contributed by atoms with Crippen molar-refractivity contribution in [3.05, 3.63) is 0 Å². The number of H-pyrrole nitrogens is 1. The monoisotopic (exact) mass is 169 g/mol. The number of nitrogens with zero attached hydrogens (tertiary/aromatic N) is 5. The third-order valence-electron chi connectivity index (χ3n) is 0.792. The van der Waals surface area contributed by atoms with Crippen LogP contribution in [0.2, 0.25) is 0 Å². The van der Waals surface area contributed by atoms with E-state index in [0.29, 0.717) is 0 Å². The summed E-state index contributed by atoms with van der Waals surface area (Å²) in [4.78, 5) is 7.02. The molecule has 0 saturated heterocycles. The van der Waals surface area contributed by atoms with Crippen molar-refractivity contribution in [1.82, 2.24) is 20.6 Å². The summed E-state index contributed by atoms with van der Waals surface area (Å²) < 4.78 is 0. The van der Waals surface area contributed by atoms with Gasteiger partial charge in [0, 0.05) is 0 Å². The average molecular weight is 169 g/mol. The van der Waals surface area contributed by atoms with Gasteiger partial charge < -0.3 is 17.2 Å². The number of nitrogens with one attached hydrogen (secondary N) is 1. The van der Waals surface area contributed by atoms with Crippen molar-refractivity contribution in [2.75, 3.05) is 0 Å². The second kappa shape index (κ2) is 3.27. The molecule has 0 aliphatic carbocycles. The maximum atomic E-state index is 5.25. The SMILES string of the molecule is NC(N)=N/C(N)=N\c1nn[nH]n1. The summed E-state index contributed by atoms with van der Waals surface area (Å²) in [7, 11) is 0. The number of hydrogen-bond acceptors (Lipinski definition) is 4. The highest BCUT2D eigenvalue weighted by atomic mass is 15.5. The molecule has 0 saturated carbocycles. The number of aromatic nitrogens is 4. The largest absolute Gasteiger partial charge is 0.370 e. The van der Waals surface area contributed by atoms with Crippen LogP contribution in [0.25, 0.3) is 0 Å². The quantitative estimate of drug-likeness (QED) is 0.267. The zero-order valence-electron chi connectivity index (χ0n) is 5.97. The van der Waals surface area contributed by atoms with Gasteiger partial charge in [-0.2, -0.15) is 15.2 Å². The first-order chi connectivity index (χ1) is 5.68. The fourth-order valence-electron chi connectivity index (χ4n) is 0.464. The van der Waals surface area contributed by atoms with Crippen molar-refractivity contribution in [1.29, 1.82) is 0 Å². The van der Waals surface area contributed by atoms with Gasteiger partial charge in [0.05, 0.1) is 0 Å². The van der Waals surface area contributed by atoms with E-state index in [-0.39, 0.29) is 17.9 Å². The Morgan fingerprint density at radius 3 is 2.58 bits per heavy atom. The molecule has 12 heavy (non-hydrogen) atoms. The van der Waals surface area contributed by atoms with Gasteiger partial charge in [-0.3, -0.25) is 0 Å². The van der Waals surface area contributed by atoms with E-state index in [9.17, 15) is 0 Å². The van der Waals surface area contributed by atoms with Crippen LogP contribution >= 0.6 is 0 Å². The normalized spacial score (nSPS) is 11.2. The van der Waals surface area contributed by atoms with Crippen molar-refractivity contribution < 1.29 is 0 Å². The molecule has 7 N–H and O–H groups in total. The maximum absolute atomic E-state index is 5.25. The number of guanidine groups is 2. The summed E-state index contributed by atoms with van der Waals surface area (Å²) >= 11 is 0. The Morgan fingerprint density at radius 2 is 2.08 bits per heavy atom. The molecule has 0 fully saturated rings. The molecule has 64 valence electrons. The Balaban J connectivity index is 2.77. The van der Waals surface area contributed by atoms with E-state index in [1.54, 1.807) is 0 Å². The van der Waals surface area contributed by atoms with Crippen LogP contribution in [0.15, 0.2) is 9.98 Å². The number of aromatic amines is 1. The van der Waals surface area contributed by atoms with Crippen LogP contribution in [0.5, 0.6) is 0 Å². The standard InChI is InChI=1S/C3H7N9/c4-1(5)7-2(6)8-3-9-11-12-10-3/h(H7,4,5,6,7,8,9,10,11,12). The van der Waals surface area contributed by atoms with Gasteiger partial charge in [-0.1, -0.05) is 5.10 Å². The lowest BCUT2D eigenvalue weighted by molar-refractivity contribution is 0.881. The zero-order valence-corrected chi connectivity index (χ0v) is 5.97. The van der Waals surface area contributed by atoms with Crippen LogP contribution in [0.4, 0.5) is 5.95 Å². The first-order valence-electron chi connectivity index (χ1n) is 2.85. The Hall–Kier alpha value is -2.19. The van der Waals surface area contributed by atoms with Crippen molar-refractivity contribution in [3.8, 4) is 0 Å². The second-order valence-corrected chi connectivity index (χ2v) is 1.72. The Labute approximate surface area is 66.7 Å². The molecule has 1 aromatic rings. The molecular formula is C3H7N9. The van der Waals surface area contributed by atoms with Gasteiger partial charge in [0.15, 0.2) is 5.96 Å². The summed E-state index contributed by atoms with van der Waals surface area (Å²) in [5, 5.41) is 12.4. The van der Waals surface area contributed by atoms with Gasteiger partial charge in [0.1, 0.15) is 0 Å². The molecule has 1 aromatic heterocycles. The van der Waals surface area contributed by atoms with Crippen LogP contribution in [-0.4, -0.2) is 32.5 Å². The van der Waals surface area contributed by atoms with E-state index in [2.05, 4.69) is 30.6 Å². The number of aliphatic imine (C=N–C) groups is 2. The van der Waals surface area contributed by atoms with E-state index < -0.39 is 0 Å². The molecule has 0 radical (unpaired) electrons. The van der Waals surface area contributed by atoms with Gasteiger partial charge >= 0.3 is 0 Å². The van der Waals surface area contributed by atoms with Crippen molar-refractivity contribution in [3.63, 3.8) is 0 Å². The summed E-state index contributed by atoms with van der Waals surface area (Å²) in [6.07, 6.45) is 0. The highest BCUT2D eigenvalue weighted by Gasteiger charge is 1.95. The molecule has 0 amide bonds. The molecule has 0 atom stereocenters. The molecule has 1 rings (SSSR count). The van der Waals surface area contributed by atoms with Gasteiger partial charge in [0.2, 0.25) is 5.96 Å². The maximum Gasteiger partial charge on any atom is 0.292 e. The first kappa shape index (κ1) is 7.91. The molecule has 0 unspecified atom stereocenters. The van der Waals surface area contributed by atoms with E-state index in [1.807, 2.05) is 0 Å². The van der Waals surface area contributed by atoms with E-state index in [1.165, 1.54) is 0 Å². The fourth-order valence-corrected chi connectivity index (χ4v) is 0.464. The Bertz CT molecular complexity index is 290. The predicted molar refractivity (Wildman–Crippen MR) is 41.3 cm³/mol. The predicted octanol–water partition coefficient (Wildman–Crippen LogP) is -2.58. The van der Waals surface area contributed by atoms with Crippen LogP contribution in [0.1, 0.15) is 0 Å². The number of hydrogen-bond donors (Lipinski definition) is 4. The Morgan fingerprint density at radius 1 is 1.33 bits per heavy atom. The van der Waals surface area contributed by atoms with Gasteiger partial charge in [0.25, 0.3) is 5.95 Å². The minimum Gasteiger partial charge on any atom is -0.370 e. The molecule has 0 aliphatic heterocycles. The second-order valence-electron chi connectivity index (χ2n) is 1.72. The van der Waals surface area contributed by atoms with Gasteiger partial charge in [-0.05, 0) is 5.21 Å². The van der Waals surface area contributed by atoms with Crippen molar-refractivity contribution in [2.45, 2.75) is 0 Å². The summed E-state index contributed by atoms with van der Waals surface area (Å²) in [6.45, 7) is 0. The molecule has 1 heterocycles. The molecule has 0 spiro atoms. The number of nitrogens with two attached hydrogens (primary N) is 3. The minimum atomic E-state index is -0.181. The third kappa shape index (κ3) is 2.21. The zero-order chi connectivity index (χ0) is 8.97. The Kier molecular flexibility index (Phi) is 2.16. The number of rotatable bonds is 1. The van der Waals surface area contributed by atoms with Crippen molar-refractivity contribution in [2.24, 2.45) is 27.2 Å². The van der Waals surface area contributed by atoms with Crippen LogP contribution in [-0.2, 0) is 0 Å². The first-order valence-corrected chi connectivity index (χ1v) is 2.85. The van der Waals surface area contributed by atoms with Crippen LogP contribution < -0.4 is 17.2 Å². The molecule has 0 aromatic carbocycles. The van der Waals surface area contributed by atoms with Gasteiger partial charge in [-0.25, -0.2) is 0 Å². The minimum absolute atomic E-state index is 0.0671. The topological polar surface area (TPSA) is 157 Å². The fraction of sp³-hybridized carbons (Fsp3) is 0. The van der Waals surface area contributed by atoms with Crippen molar-refractivity contribution >= 4 is 17.9 Å². The molecule has 9 heteroatoms. The lowest BCUT2D eigenvalue weighted by Crippen LogP contribution is -2.26. The highest BCUT2D eigenvalue weighted by molar-refractivity contribution is 5.93. The summed E-state index contributed by atoms with van der Waals surface area (Å²) in [5.41, 5.74) is 15.3. The van der Waals surface area contributed by atoms with Crippen LogP contribution in [0.3, 0.4) is 0 Å². The lowest BCUT2D eigenvalue weighted by atomic mass is 10.9. The lowest BCUT2D eigenvalue weighted by Gasteiger charge is -1.89. The number of tetrazole rings is 1. The molecule has 9 nitrogen and oxygen atoms in total. The highest BCUT2D eigenvalue weighted by Crippen LogP contribution is 1.95. The average Bonchev–Trinajstić information content (AvgIpc) is 2.37.